The van der Waals surface area contributed by atoms with Crippen LogP contribution in [0, 0.1) is 0 Å². The number of rotatable bonds is 14. The predicted octanol–water partition coefficient (Wildman–Crippen LogP) is 5.68. The largest absolute Gasteiger partial charge is 0.448 e. The van der Waals surface area contributed by atoms with E-state index in [0.29, 0.717) is 22.9 Å². The van der Waals surface area contributed by atoms with Gasteiger partial charge < -0.3 is 20.3 Å². The molecule has 2 amide bonds. The van der Waals surface area contributed by atoms with Crippen molar-refractivity contribution >= 4 is 58.0 Å². The summed E-state index contributed by atoms with van der Waals surface area (Å²) < 4.78 is 13.0. The average Bonchev–Trinajstić information content (AvgIpc) is 3.28. The maximum atomic E-state index is 15.8. The molecule has 6 aromatic carbocycles. The molecule has 0 aliphatic carbocycles. The van der Waals surface area contributed by atoms with Crippen molar-refractivity contribution in [1.29, 1.82) is 0 Å². The van der Waals surface area contributed by atoms with E-state index >= 15 is 4.79 Å². The molecule has 1 aliphatic rings. The van der Waals surface area contributed by atoms with Crippen molar-refractivity contribution in [1.82, 2.24) is 10.2 Å². The molecule has 58 heavy (non-hydrogen) atoms. The normalized spacial score (nSPS) is 15.3. The van der Waals surface area contributed by atoms with Crippen LogP contribution in [0.5, 0.6) is 0 Å². The van der Waals surface area contributed by atoms with E-state index < -0.39 is 54.9 Å². The first kappa shape index (κ1) is 39.3. The second kappa shape index (κ2) is 17.9. The van der Waals surface area contributed by atoms with Crippen LogP contribution >= 0.6 is 6.89 Å². The molecule has 7 rings (SSSR count). The number of ether oxygens (including phenoxy) is 2. The lowest BCUT2D eigenvalue weighted by atomic mass is 10.0. The van der Waals surface area contributed by atoms with Gasteiger partial charge in [-0.05, 0) is 46.1 Å². The van der Waals surface area contributed by atoms with Crippen LogP contribution in [0.1, 0.15) is 34.5 Å². The lowest BCUT2D eigenvalue weighted by Gasteiger charge is -2.49. The summed E-state index contributed by atoms with van der Waals surface area (Å²) in [6.45, 7) is -2.01. The van der Waals surface area contributed by atoms with Gasteiger partial charge in [-0.1, -0.05) is 170 Å². The molecule has 0 unspecified atom stereocenters. The minimum absolute atomic E-state index is 0.0244. The summed E-state index contributed by atoms with van der Waals surface area (Å²) >= 11 is 0. The predicted molar refractivity (Wildman–Crippen MR) is 225 cm³/mol. The lowest BCUT2D eigenvalue weighted by Crippen LogP contribution is -2.75. The van der Waals surface area contributed by atoms with Gasteiger partial charge in [-0.2, -0.15) is 4.79 Å². The lowest BCUT2D eigenvalue weighted by molar-refractivity contribution is -0.180. The summed E-state index contributed by atoms with van der Waals surface area (Å²) in [4.78, 5) is 61.6. The fourth-order valence-electron chi connectivity index (χ4n) is 7.12. The highest BCUT2D eigenvalue weighted by atomic mass is 31.2. The number of amides is 2. The molecule has 1 saturated heterocycles. The Morgan fingerprint density at radius 3 is 1.52 bits per heavy atom. The number of Topliss-reactive ketones (excluding diaryl/α,β-unsaturated/α-hetero) is 1. The summed E-state index contributed by atoms with van der Waals surface area (Å²) in [6.07, 6.45) is -2.87. The number of likely N-dealkylation sites (tertiary alicyclic amines) is 1. The number of hydrogen-bond donors (Lipinski definition) is 1. The van der Waals surface area contributed by atoms with Crippen molar-refractivity contribution in [2.75, 3.05) is 0 Å². The molecule has 0 spiro atoms. The van der Waals surface area contributed by atoms with E-state index in [1.165, 1.54) is 11.8 Å². The highest BCUT2D eigenvalue weighted by molar-refractivity contribution is 7.96. The number of nitrogens with one attached hydrogen (secondary N) is 1. The van der Waals surface area contributed by atoms with Gasteiger partial charge in [0.15, 0.2) is 18.4 Å². The summed E-state index contributed by atoms with van der Waals surface area (Å²) in [5, 5.41) is 4.99. The zero-order valence-electron chi connectivity index (χ0n) is 31.4. The topological polar surface area (TPSA) is 138 Å². The van der Waals surface area contributed by atoms with Crippen molar-refractivity contribution in [3.63, 3.8) is 0 Å². The minimum Gasteiger partial charge on any atom is -0.448 e. The highest BCUT2D eigenvalue weighted by Gasteiger charge is 2.56. The maximum Gasteiger partial charge on any atom is 0.357 e. The van der Waals surface area contributed by atoms with Crippen molar-refractivity contribution < 1.29 is 33.4 Å². The fourth-order valence-corrected chi connectivity index (χ4v) is 11.5. The molecule has 1 aliphatic heterocycles. The van der Waals surface area contributed by atoms with Gasteiger partial charge >= 0.3 is 12.2 Å². The van der Waals surface area contributed by atoms with Crippen molar-refractivity contribution in [3.8, 4) is 0 Å². The van der Waals surface area contributed by atoms with E-state index in [-0.39, 0.29) is 5.42 Å². The number of ketones is 1. The molecule has 10 nitrogen and oxygen atoms in total. The first-order valence-electron chi connectivity index (χ1n) is 18.6. The third kappa shape index (κ3) is 7.85. The first-order valence-corrected chi connectivity index (χ1v) is 20.4. The van der Waals surface area contributed by atoms with Crippen molar-refractivity contribution in [3.05, 3.63) is 204 Å². The molecular formula is C47H39N4O6P. The Kier molecular flexibility index (Phi) is 12.1. The SMILES string of the molecule is C[C@@H](O[C@@H]1[C@@H](NC(=O)c2ccccc2)C(=O)N1C(C(=O)OC(c1ccccc1)c1ccccc1)=P(c1ccccc1)(c1ccccc1)c1ccccc1)C(=O)C=[N+]=[N-]. The molecule has 11 heteroatoms. The van der Waals surface area contributed by atoms with Gasteiger partial charge in [0.1, 0.15) is 11.5 Å². The van der Waals surface area contributed by atoms with Crippen LogP contribution in [-0.4, -0.2) is 63.3 Å². The molecule has 3 atom stereocenters. The number of hydrogen-bond acceptors (Lipinski definition) is 6. The third-order valence-electron chi connectivity index (χ3n) is 9.88. The maximum absolute atomic E-state index is 15.8. The first-order chi connectivity index (χ1) is 28.3. The smallest absolute Gasteiger partial charge is 0.357 e. The second-order valence-electron chi connectivity index (χ2n) is 13.4. The summed E-state index contributed by atoms with van der Waals surface area (Å²) in [5.74, 6) is -2.73. The summed E-state index contributed by atoms with van der Waals surface area (Å²) in [7, 11) is 0. The van der Waals surface area contributed by atoms with Gasteiger partial charge in [0.2, 0.25) is 0 Å². The third-order valence-corrected chi connectivity index (χ3v) is 14.1. The molecule has 0 radical (unpaired) electrons. The Morgan fingerprint density at radius 1 is 0.672 bits per heavy atom. The van der Waals surface area contributed by atoms with Crippen LogP contribution in [-0.2, 0) is 23.9 Å². The monoisotopic (exact) mass is 786 g/mol. The number of β-lactam (4-membered cyclic amide) rings is 1. The molecule has 1 N–H and O–H groups in total. The van der Waals surface area contributed by atoms with Crippen LogP contribution in [0.3, 0.4) is 0 Å². The van der Waals surface area contributed by atoms with Gasteiger partial charge in [-0.15, -0.1) is 0 Å². The van der Waals surface area contributed by atoms with E-state index in [1.54, 1.807) is 30.3 Å². The number of nitrogens with zero attached hydrogens (tertiary/aromatic N) is 3. The second-order valence-corrected chi connectivity index (χ2v) is 16.8. The standard InChI is InChI=1S/C47H39N4O6P/c1-33(40(52)32-49-48)56-45-41(50-43(53)36-24-12-4-13-25-36)44(54)51(45)46(47(55)57-42(34-20-8-2-9-21-34)35-22-10-3-11-23-35)58(37-26-14-5-15-27-37,38-28-16-6-17-29-38)39-30-18-7-19-31-39/h2-33,41-42,45H,1H3,(H,50,53)/t33-,41+,45-/m1/s1. The minimum atomic E-state index is -3.45. The molecule has 0 bridgehead atoms. The zero-order valence-corrected chi connectivity index (χ0v) is 32.3. The average molecular weight is 787 g/mol. The molecule has 0 aromatic heterocycles. The van der Waals surface area contributed by atoms with Crippen molar-refractivity contribution in [2.45, 2.75) is 31.4 Å². The van der Waals surface area contributed by atoms with E-state index in [4.69, 9.17) is 9.47 Å². The Bertz CT molecular complexity index is 2360. The van der Waals surface area contributed by atoms with Crippen LogP contribution in [0.4, 0.5) is 0 Å². The van der Waals surface area contributed by atoms with Gasteiger partial charge in [0, 0.05) is 12.4 Å². The van der Waals surface area contributed by atoms with Crippen LogP contribution in [0.25, 0.3) is 5.53 Å². The van der Waals surface area contributed by atoms with Gasteiger partial charge in [-0.3, -0.25) is 19.3 Å². The molecule has 288 valence electrons. The Hall–Kier alpha value is -6.96. The molecule has 1 heterocycles. The molecule has 6 aromatic rings. The number of esters is 1. The van der Waals surface area contributed by atoms with E-state index in [0.717, 1.165) is 15.9 Å². The zero-order chi connectivity index (χ0) is 40.5. The molecule has 1 fully saturated rings. The van der Waals surface area contributed by atoms with Crippen molar-refractivity contribution in [2.24, 2.45) is 0 Å². The number of carbonyl (C=O) groups is 4. The van der Waals surface area contributed by atoms with Crippen LogP contribution in [0.15, 0.2) is 182 Å². The van der Waals surface area contributed by atoms with E-state index in [9.17, 15) is 19.9 Å². The summed E-state index contributed by atoms with van der Waals surface area (Å²) in [5.41, 5.74) is 10.9. The van der Waals surface area contributed by atoms with Gasteiger partial charge in [0.05, 0.1) is 0 Å². The molecule has 0 saturated carbocycles. The van der Waals surface area contributed by atoms with E-state index in [2.05, 4.69) is 10.1 Å². The molecular weight excluding hydrogens is 748 g/mol. The Labute approximate surface area is 336 Å². The van der Waals surface area contributed by atoms with Gasteiger partial charge in [0.25, 0.3) is 17.6 Å². The quantitative estimate of drug-likeness (QED) is 0.0377. The van der Waals surface area contributed by atoms with Gasteiger partial charge in [-0.25, -0.2) is 4.79 Å². The number of benzene rings is 6. The fraction of sp³-hybridized carbons (Fsp3) is 0.106. The van der Waals surface area contributed by atoms with Crippen LogP contribution in [0.2, 0.25) is 0 Å². The van der Waals surface area contributed by atoms with E-state index in [1.807, 2.05) is 152 Å². The Morgan fingerprint density at radius 2 is 1.09 bits per heavy atom. The highest BCUT2D eigenvalue weighted by Crippen LogP contribution is 2.49. The van der Waals surface area contributed by atoms with Crippen LogP contribution < -0.4 is 21.2 Å². The summed E-state index contributed by atoms with van der Waals surface area (Å²) in [6, 6.07) is 54.1. The number of carbonyl (C=O) groups excluding carboxylic acids is 4. The Balaban J connectivity index is 1.53.